The van der Waals surface area contributed by atoms with E-state index in [-0.39, 0.29) is 6.17 Å². The number of hydrogen-bond acceptors (Lipinski definition) is 3. The lowest BCUT2D eigenvalue weighted by atomic mass is 10.3. The van der Waals surface area contributed by atoms with Crippen LogP contribution in [0.2, 0.25) is 0 Å². The lowest BCUT2D eigenvalue weighted by molar-refractivity contribution is 0.118. The molecule has 0 N–H and O–H groups in total. The van der Waals surface area contributed by atoms with Gasteiger partial charge in [-0.3, -0.25) is 4.90 Å². The van der Waals surface area contributed by atoms with Gasteiger partial charge >= 0.3 is 0 Å². The van der Waals surface area contributed by atoms with Crippen LogP contribution in [0, 0.1) is 0 Å². The van der Waals surface area contributed by atoms with Crippen molar-refractivity contribution in [1.29, 1.82) is 0 Å². The molecular weight excluding hydrogens is 142 g/mol. The van der Waals surface area contributed by atoms with Crippen LogP contribution in [0.15, 0.2) is 5.11 Å². The summed E-state index contributed by atoms with van der Waals surface area (Å²) in [6.45, 7) is 2.86. The number of likely N-dealkylation sites (N-methyl/N-ethyl adjacent to an activating group) is 2. The topological polar surface area (TPSA) is 55.2 Å². The van der Waals surface area contributed by atoms with E-state index in [0.717, 1.165) is 19.6 Å². The van der Waals surface area contributed by atoms with Gasteiger partial charge in [0.1, 0.15) is 6.17 Å². The van der Waals surface area contributed by atoms with Gasteiger partial charge in [-0.1, -0.05) is 5.11 Å². The highest BCUT2D eigenvalue weighted by atomic mass is 15.4. The molecule has 0 radical (unpaired) electrons. The summed E-state index contributed by atoms with van der Waals surface area (Å²) in [5, 5.41) is 3.68. The highest BCUT2D eigenvalue weighted by Gasteiger charge is 2.19. The molecule has 1 aliphatic heterocycles. The van der Waals surface area contributed by atoms with Crippen LogP contribution in [0.1, 0.15) is 0 Å². The third kappa shape index (κ3) is 2.08. The number of hydrogen-bond donors (Lipinski definition) is 0. The van der Waals surface area contributed by atoms with Gasteiger partial charge in [0.15, 0.2) is 0 Å². The van der Waals surface area contributed by atoms with E-state index in [1.807, 2.05) is 14.1 Å². The second-order valence-electron chi connectivity index (χ2n) is 2.93. The summed E-state index contributed by atoms with van der Waals surface area (Å²) < 4.78 is 0. The highest BCUT2D eigenvalue weighted by molar-refractivity contribution is 4.76. The summed E-state index contributed by atoms with van der Waals surface area (Å²) in [5.74, 6) is 0. The van der Waals surface area contributed by atoms with Gasteiger partial charge in [0, 0.05) is 24.5 Å². The average molecular weight is 155 g/mol. The van der Waals surface area contributed by atoms with Gasteiger partial charge in [-0.15, -0.1) is 0 Å². The second-order valence-corrected chi connectivity index (χ2v) is 2.93. The lowest BCUT2D eigenvalue weighted by Gasteiger charge is -2.34. The van der Waals surface area contributed by atoms with E-state index in [1.54, 1.807) is 0 Å². The minimum absolute atomic E-state index is 0.0127. The molecule has 62 valence electrons. The summed E-state index contributed by atoms with van der Waals surface area (Å²) in [7, 11) is 4.01. The van der Waals surface area contributed by atoms with Crippen molar-refractivity contribution >= 4 is 0 Å². The molecule has 0 bridgehead atoms. The first kappa shape index (κ1) is 8.33. The first-order chi connectivity index (χ1) is 5.24. The molecule has 1 fully saturated rings. The predicted octanol–water partition coefficient (Wildman–Crippen LogP) is 0.500. The molecule has 1 aliphatic rings. The van der Waals surface area contributed by atoms with Crippen LogP contribution >= 0.6 is 0 Å². The molecule has 1 heterocycles. The molecule has 5 heteroatoms. The summed E-state index contributed by atoms with van der Waals surface area (Å²) in [6.07, 6.45) is 0.0127. The van der Waals surface area contributed by atoms with Crippen molar-refractivity contribution in [2.24, 2.45) is 5.11 Å². The normalized spacial score (nSPS) is 28.0. The van der Waals surface area contributed by atoms with E-state index in [9.17, 15) is 0 Å². The third-order valence-corrected chi connectivity index (χ3v) is 2.00. The van der Waals surface area contributed by atoms with Gasteiger partial charge in [0.2, 0.25) is 0 Å². The van der Waals surface area contributed by atoms with Crippen LogP contribution in [-0.4, -0.2) is 49.7 Å². The molecule has 1 saturated heterocycles. The zero-order valence-corrected chi connectivity index (χ0v) is 6.93. The molecule has 1 atom stereocenters. The monoisotopic (exact) mass is 155 g/mol. The fraction of sp³-hybridized carbons (Fsp3) is 1.00. The summed E-state index contributed by atoms with van der Waals surface area (Å²) in [5.41, 5.74) is 8.24. The molecule has 11 heavy (non-hydrogen) atoms. The molecule has 0 aromatic carbocycles. The summed E-state index contributed by atoms with van der Waals surface area (Å²) in [4.78, 5) is 7.04. The molecule has 0 aliphatic carbocycles. The Morgan fingerprint density at radius 1 is 1.45 bits per heavy atom. The first-order valence-electron chi connectivity index (χ1n) is 3.67. The minimum atomic E-state index is 0.0127. The Morgan fingerprint density at radius 3 is 2.82 bits per heavy atom. The van der Waals surface area contributed by atoms with E-state index in [1.165, 1.54) is 0 Å². The molecule has 0 aromatic rings. The molecule has 1 unspecified atom stereocenters. The molecule has 1 rings (SSSR count). The maximum atomic E-state index is 8.24. The Morgan fingerprint density at radius 2 is 2.18 bits per heavy atom. The standard InChI is InChI=1S/C6H13N5/c1-10-3-4-11(2)6(5-10)8-9-7/h6H,3-5H2,1-2H3. The quantitative estimate of drug-likeness (QED) is 0.314. The van der Waals surface area contributed by atoms with Crippen molar-refractivity contribution in [3.05, 3.63) is 10.4 Å². The Balaban J connectivity index is 2.53. The lowest BCUT2D eigenvalue weighted by Crippen LogP contribution is -2.48. The Labute approximate surface area is 66.2 Å². The van der Waals surface area contributed by atoms with Crippen LogP contribution in [0.3, 0.4) is 0 Å². The van der Waals surface area contributed by atoms with E-state index >= 15 is 0 Å². The number of nitrogens with zero attached hydrogens (tertiary/aromatic N) is 5. The van der Waals surface area contributed by atoms with E-state index in [0.29, 0.717) is 0 Å². The van der Waals surface area contributed by atoms with Crippen molar-refractivity contribution in [3.63, 3.8) is 0 Å². The zero-order chi connectivity index (χ0) is 8.27. The van der Waals surface area contributed by atoms with Crippen molar-refractivity contribution in [3.8, 4) is 0 Å². The Kier molecular flexibility index (Phi) is 2.70. The maximum Gasteiger partial charge on any atom is 0.101 e. The van der Waals surface area contributed by atoms with Gasteiger partial charge in [-0.05, 0) is 19.6 Å². The molecule has 0 amide bonds. The summed E-state index contributed by atoms with van der Waals surface area (Å²) in [6, 6.07) is 0. The van der Waals surface area contributed by atoms with Gasteiger partial charge in [-0.25, -0.2) is 0 Å². The first-order valence-corrected chi connectivity index (χ1v) is 3.67. The zero-order valence-electron chi connectivity index (χ0n) is 6.93. The van der Waals surface area contributed by atoms with E-state index < -0.39 is 0 Å². The molecule has 0 aromatic heterocycles. The molecule has 5 nitrogen and oxygen atoms in total. The van der Waals surface area contributed by atoms with Gasteiger partial charge < -0.3 is 4.90 Å². The van der Waals surface area contributed by atoms with Gasteiger partial charge in [0.25, 0.3) is 0 Å². The highest BCUT2D eigenvalue weighted by Crippen LogP contribution is 2.06. The largest absolute Gasteiger partial charge is 0.303 e. The Hall–Kier alpha value is -0.770. The van der Waals surface area contributed by atoms with Crippen molar-refractivity contribution in [1.82, 2.24) is 9.80 Å². The average Bonchev–Trinajstić information content (AvgIpc) is 1.98. The maximum absolute atomic E-state index is 8.24. The number of piperazine rings is 1. The molecule has 0 spiro atoms. The predicted molar refractivity (Wildman–Crippen MR) is 43.1 cm³/mol. The fourth-order valence-corrected chi connectivity index (χ4v) is 1.17. The Bertz CT molecular complexity index is 174. The fourth-order valence-electron chi connectivity index (χ4n) is 1.17. The minimum Gasteiger partial charge on any atom is -0.303 e. The van der Waals surface area contributed by atoms with Crippen molar-refractivity contribution < 1.29 is 0 Å². The smallest absolute Gasteiger partial charge is 0.101 e. The van der Waals surface area contributed by atoms with E-state index in [2.05, 4.69) is 19.8 Å². The number of azide groups is 1. The van der Waals surface area contributed by atoms with Crippen molar-refractivity contribution in [2.75, 3.05) is 33.7 Å². The van der Waals surface area contributed by atoms with Gasteiger partial charge in [0.05, 0.1) is 0 Å². The van der Waals surface area contributed by atoms with Crippen LogP contribution < -0.4 is 0 Å². The van der Waals surface area contributed by atoms with Crippen LogP contribution in [-0.2, 0) is 0 Å². The van der Waals surface area contributed by atoms with E-state index in [4.69, 9.17) is 5.53 Å². The van der Waals surface area contributed by atoms with Crippen molar-refractivity contribution in [2.45, 2.75) is 6.17 Å². The van der Waals surface area contributed by atoms with Crippen LogP contribution in [0.5, 0.6) is 0 Å². The number of rotatable bonds is 1. The summed E-state index contributed by atoms with van der Waals surface area (Å²) >= 11 is 0. The SMILES string of the molecule is CN1CCN(C)C(N=[N+]=[N-])C1. The molecule has 0 saturated carbocycles. The van der Waals surface area contributed by atoms with Crippen LogP contribution in [0.4, 0.5) is 0 Å². The second kappa shape index (κ2) is 3.57. The third-order valence-electron chi connectivity index (χ3n) is 2.00. The molecular formula is C6H13N5. The van der Waals surface area contributed by atoms with Gasteiger partial charge in [-0.2, -0.15) is 0 Å². The van der Waals surface area contributed by atoms with Crippen LogP contribution in [0.25, 0.3) is 10.4 Å².